The summed E-state index contributed by atoms with van der Waals surface area (Å²) in [6, 6.07) is 3.30. The van der Waals surface area contributed by atoms with E-state index in [0.717, 1.165) is 0 Å². The number of aromatic nitrogens is 1. The lowest BCUT2D eigenvalue weighted by molar-refractivity contribution is -0.105. The van der Waals surface area contributed by atoms with Gasteiger partial charge in [0.05, 0.1) is 16.1 Å². The predicted octanol–water partition coefficient (Wildman–Crippen LogP) is 0.260. The van der Waals surface area contributed by atoms with Crippen LogP contribution in [-0.2, 0) is 21.2 Å². The molecule has 0 aromatic carbocycles. The van der Waals surface area contributed by atoms with E-state index >= 15 is 0 Å². The fourth-order valence-corrected chi connectivity index (χ4v) is 1.62. The minimum absolute atomic E-state index is 0.128. The van der Waals surface area contributed by atoms with Crippen LogP contribution in [0.4, 0.5) is 5.69 Å². The first-order chi connectivity index (χ1) is 7.78. The van der Waals surface area contributed by atoms with Gasteiger partial charge in [0.2, 0.25) is 16.4 Å². The lowest BCUT2D eigenvalue weighted by atomic mass is 10.1. The lowest BCUT2D eigenvalue weighted by Gasteiger charge is -2.22. The van der Waals surface area contributed by atoms with Gasteiger partial charge in [-0.2, -0.15) is 0 Å². The molecule has 0 aliphatic carbocycles. The quantitative estimate of drug-likeness (QED) is 0.738. The van der Waals surface area contributed by atoms with E-state index in [2.05, 4.69) is 10.3 Å². The van der Waals surface area contributed by atoms with Gasteiger partial charge in [0.15, 0.2) is 0 Å². The number of pyridine rings is 1. The second kappa shape index (κ2) is 4.80. The number of sulfonamides is 1. The zero-order chi connectivity index (χ0) is 13.1. The maximum absolute atomic E-state index is 11.4. The summed E-state index contributed by atoms with van der Waals surface area (Å²) >= 11 is 0. The Balaban J connectivity index is 3.07. The SMILES string of the molecule is CC(C)(Cc1ncccc1NC=O)S(N)(=O)=O. The molecule has 0 radical (unpaired) electrons. The fourth-order valence-electron chi connectivity index (χ4n) is 1.28. The number of anilines is 1. The summed E-state index contributed by atoms with van der Waals surface area (Å²) < 4.78 is 21.6. The fraction of sp³-hybridized carbons (Fsp3) is 0.400. The van der Waals surface area contributed by atoms with Crippen molar-refractivity contribution in [3.8, 4) is 0 Å². The first kappa shape index (κ1) is 13.6. The highest BCUT2D eigenvalue weighted by Crippen LogP contribution is 2.22. The van der Waals surface area contributed by atoms with Crippen LogP contribution in [0, 0.1) is 0 Å². The van der Waals surface area contributed by atoms with Crippen LogP contribution in [0.5, 0.6) is 0 Å². The third-order valence-electron chi connectivity index (χ3n) is 2.47. The number of carbonyl (C=O) groups excluding carboxylic acids is 1. The van der Waals surface area contributed by atoms with Gasteiger partial charge in [0, 0.05) is 12.6 Å². The van der Waals surface area contributed by atoms with Gasteiger partial charge in [-0.3, -0.25) is 9.78 Å². The van der Waals surface area contributed by atoms with E-state index in [9.17, 15) is 13.2 Å². The number of amides is 1. The average molecular weight is 257 g/mol. The number of carbonyl (C=O) groups is 1. The zero-order valence-electron chi connectivity index (χ0n) is 9.67. The molecule has 94 valence electrons. The van der Waals surface area contributed by atoms with Gasteiger partial charge in [0.25, 0.3) is 0 Å². The maximum atomic E-state index is 11.4. The molecule has 0 bridgehead atoms. The van der Waals surface area contributed by atoms with Crippen LogP contribution < -0.4 is 10.5 Å². The minimum Gasteiger partial charge on any atom is -0.327 e. The largest absolute Gasteiger partial charge is 0.327 e. The lowest BCUT2D eigenvalue weighted by Crippen LogP contribution is -2.40. The van der Waals surface area contributed by atoms with Gasteiger partial charge < -0.3 is 5.32 Å². The first-order valence-electron chi connectivity index (χ1n) is 4.94. The predicted molar refractivity (Wildman–Crippen MR) is 64.8 cm³/mol. The van der Waals surface area contributed by atoms with Crippen LogP contribution in [-0.4, -0.2) is 24.6 Å². The monoisotopic (exact) mass is 257 g/mol. The van der Waals surface area contributed by atoms with Crippen LogP contribution in [0.1, 0.15) is 19.5 Å². The molecule has 0 spiro atoms. The maximum Gasteiger partial charge on any atom is 0.214 e. The Bertz CT molecular complexity index is 511. The summed E-state index contributed by atoms with van der Waals surface area (Å²) in [5.41, 5.74) is 0.970. The average Bonchev–Trinajstić information content (AvgIpc) is 2.19. The molecule has 0 aliphatic heterocycles. The zero-order valence-corrected chi connectivity index (χ0v) is 10.5. The number of nitrogens with zero attached hydrogens (tertiary/aromatic N) is 1. The molecule has 1 rings (SSSR count). The van der Waals surface area contributed by atoms with Gasteiger partial charge >= 0.3 is 0 Å². The van der Waals surface area contributed by atoms with E-state index in [0.29, 0.717) is 17.8 Å². The normalized spacial score (nSPS) is 12.2. The third-order valence-corrected chi connectivity index (χ3v) is 4.15. The van der Waals surface area contributed by atoms with Gasteiger partial charge in [-0.15, -0.1) is 0 Å². The Labute approximate surface area is 100 Å². The number of primary sulfonamides is 1. The summed E-state index contributed by atoms with van der Waals surface area (Å²) in [6.07, 6.45) is 2.18. The highest BCUT2D eigenvalue weighted by atomic mass is 32.2. The molecule has 0 aliphatic rings. The molecular weight excluding hydrogens is 242 g/mol. The van der Waals surface area contributed by atoms with E-state index in [1.807, 2.05) is 0 Å². The van der Waals surface area contributed by atoms with Crippen molar-refractivity contribution in [2.24, 2.45) is 5.14 Å². The Hall–Kier alpha value is -1.47. The van der Waals surface area contributed by atoms with Crippen molar-refractivity contribution in [1.82, 2.24) is 4.98 Å². The van der Waals surface area contributed by atoms with Crippen LogP contribution in [0.3, 0.4) is 0 Å². The smallest absolute Gasteiger partial charge is 0.214 e. The molecule has 0 fully saturated rings. The van der Waals surface area contributed by atoms with Crippen molar-refractivity contribution in [3.05, 3.63) is 24.0 Å². The standard InChI is InChI=1S/C10H15N3O3S/c1-10(2,17(11,15)16)6-9-8(13-7-14)4-3-5-12-9/h3-5,7H,6H2,1-2H3,(H,13,14)(H2,11,15,16). The molecular formula is C10H15N3O3S. The first-order valence-corrected chi connectivity index (χ1v) is 6.49. The molecule has 1 aromatic rings. The summed E-state index contributed by atoms with van der Waals surface area (Å²) in [5.74, 6) is 0. The van der Waals surface area contributed by atoms with E-state index in [-0.39, 0.29) is 6.42 Å². The van der Waals surface area contributed by atoms with Crippen LogP contribution >= 0.6 is 0 Å². The molecule has 1 aromatic heterocycles. The van der Waals surface area contributed by atoms with Gasteiger partial charge in [-0.05, 0) is 26.0 Å². The topological polar surface area (TPSA) is 102 Å². The highest BCUT2D eigenvalue weighted by Gasteiger charge is 2.32. The molecule has 0 unspecified atom stereocenters. The van der Waals surface area contributed by atoms with E-state index in [1.165, 1.54) is 20.0 Å². The molecule has 17 heavy (non-hydrogen) atoms. The Morgan fingerprint density at radius 3 is 2.71 bits per heavy atom. The minimum atomic E-state index is -3.69. The molecule has 3 N–H and O–H groups in total. The molecule has 7 heteroatoms. The van der Waals surface area contributed by atoms with Crippen LogP contribution in [0.25, 0.3) is 0 Å². The molecule has 0 saturated carbocycles. The highest BCUT2D eigenvalue weighted by molar-refractivity contribution is 7.90. The summed E-state index contributed by atoms with van der Waals surface area (Å²) in [4.78, 5) is 14.5. The van der Waals surface area contributed by atoms with E-state index in [1.54, 1.807) is 12.1 Å². The van der Waals surface area contributed by atoms with Crippen molar-refractivity contribution < 1.29 is 13.2 Å². The number of rotatable bonds is 5. The van der Waals surface area contributed by atoms with Crippen LogP contribution in [0.15, 0.2) is 18.3 Å². The molecule has 0 saturated heterocycles. The number of hydrogen-bond acceptors (Lipinski definition) is 4. The molecule has 1 amide bonds. The van der Waals surface area contributed by atoms with Crippen LogP contribution in [0.2, 0.25) is 0 Å². The van der Waals surface area contributed by atoms with Crippen molar-refractivity contribution >= 4 is 22.1 Å². The van der Waals surface area contributed by atoms with Crippen molar-refractivity contribution in [1.29, 1.82) is 0 Å². The Morgan fingerprint density at radius 2 is 2.18 bits per heavy atom. The van der Waals surface area contributed by atoms with Gasteiger partial charge in [-0.25, -0.2) is 13.6 Å². The third kappa shape index (κ3) is 3.24. The second-order valence-electron chi connectivity index (χ2n) is 4.24. The van der Waals surface area contributed by atoms with Crippen molar-refractivity contribution in [2.75, 3.05) is 5.32 Å². The number of nitrogens with one attached hydrogen (secondary N) is 1. The number of nitrogens with two attached hydrogens (primary N) is 1. The molecule has 0 atom stereocenters. The van der Waals surface area contributed by atoms with Crippen molar-refractivity contribution in [3.63, 3.8) is 0 Å². The number of hydrogen-bond donors (Lipinski definition) is 2. The van der Waals surface area contributed by atoms with E-state index < -0.39 is 14.8 Å². The molecule has 1 heterocycles. The second-order valence-corrected chi connectivity index (χ2v) is 6.44. The Kier molecular flexibility index (Phi) is 3.84. The van der Waals surface area contributed by atoms with Crippen molar-refractivity contribution in [2.45, 2.75) is 25.0 Å². The van der Waals surface area contributed by atoms with Gasteiger partial charge in [-0.1, -0.05) is 0 Å². The van der Waals surface area contributed by atoms with E-state index in [4.69, 9.17) is 5.14 Å². The van der Waals surface area contributed by atoms with Gasteiger partial charge in [0.1, 0.15) is 0 Å². The Morgan fingerprint density at radius 1 is 1.53 bits per heavy atom. The summed E-state index contributed by atoms with van der Waals surface area (Å²) in [6.45, 7) is 3.03. The molecule has 6 nitrogen and oxygen atoms in total. The summed E-state index contributed by atoms with van der Waals surface area (Å²) in [5, 5.41) is 7.61. The summed E-state index contributed by atoms with van der Waals surface area (Å²) in [7, 11) is -3.69.